The van der Waals surface area contributed by atoms with Crippen LogP contribution < -0.4 is 9.80 Å². The summed E-state index contributed by atoms with van der Waals surface area (Å²) in [6.07, 6.45) is 10.3. The van der Waals surface area contributed by atoms with E-state index in [9.17, 15) is 0 Å². The molecule has 4 atom stereocenters. The van der Waals surface area contributed by atoms with E-state index in [0.717, 1.165) is 18.0 Å². The zero-order chi connectivity index (χ0) is 21.1. The fourth-order valence-electron chi connectivity index (χ4n) is 8.01. The summed E-state index contributed by atoms with van der Waals surface area (Å²) >= 11 is 0. The number of fused-ring (bicyclic) bond motifs is 1. The lowest BCUT2D eigenvalue weighted by molar-refractivity contribution is -1.05. The third-order valence-electron chi connectivity index (χ3n) is 9.40. The molecule has 1 aliphatic carbocycles. The molecular formula is C30H36N2+2. The standard InChI is InChI=1S/C30H34N2/c1-2-6-24(7-3-1)30-27-10-5-17-31(27)18-19-32(30)20-25-14-13-23-12-11-21-8-4-9-22-15-16-26(25)29(23)28(21)22/h4,8-9,11-16,24,27,30H,1-3,5-7,10,17-20H2/p+2/t27-,30+/m1/s1. The molecule has 1 saturated carbocycles. The Morgan fingerprint density at radius 1 is 0.656 bits per heavy atom. The van der Waals surface area contributed by atoms with E-state index in [-0.39, 0.29) is 0 Å². The summed E-state index contributed by atoms with van der Waals surface area (Å²) < 4.78 is 0. The Kier molecular flexibility index (Phi) is 4.66. The molecule has 0 bridgehead atoms. The van der Waals surface area contributed by atoms with Gasteiger partial charge in [0.15, 0.2) is 0 Å². The molecule has 0 radical (unpaired) electrons. The van der Waals surface area contributed by atoms with Gasteiger partial charge in [-0.15, -0.1) is 0 Å². The Hall–Kier alpha value is -2.16. The van der Waals surface area contributed by atoms with E-state index in [4.69, 9.17) is 0 Å². The van der Waals surface area contributed by atoms with Crippen LogP contribution in [0.5, 0.6) is 0 Å². The monoisotopic (exact) mass is 424 g/mol. The molecule has 0 spiro atoms. The quantitative estimate of drug-likeness (QED) is 0.461. The minimum atomic E-state index is 0.875. The predicted octanol–water partition coefficient (Wildman–Crippen LogP) is 3.98. The normalized spacial score (nSPS) is 29.2. The van der Waals surface area contributed by atoms with E-state index < -0.39 is 0 Å². The first-order valence-corrected chi connectivity index (χ1v) is 13.2. The van der Waals surface area contributed by atoms with Gasteiger partial charge in [-0.3, -0.25) is 0 Å². The molecule has 7 rings (SSSR count). The molecule has 2 nitrogen and oxygen atoms in total. The van der Waals surface area contributed by atoms with Crippen LogP contribution in [-0.4, -0.2) is 31.7 Å². The molecule has 164 valence electrons. The number of hydrogen-bond donors (Lipinski definition) is 2. The van der Waals surface area contributed by atoms with Crippen LogP contribution in [0, 0.1) is 5.92 Å². The van der Waals surface area contributed by atoms with Crippen molar-refractivity contribution >= 4 is 32.3 Å². The van der Waals surface area contributed by atoms with Gasteiger partial charge < -0.3 is 9.80 Å². The van der Waals surface area contributed by atoms with Gasteiger partial charge in [-0.2, -0.15) is 0 Å². The molecule has 2 N–H and O–H groups in total. The molecule has 4 aromatic rings. The van der Waals surface area contributed by atoms with Crippen LogP contribution in [0.2, 0.25) is 0 Å². The number of benzene rings is 4. The summed E-state index contributed by atoms with van der Waals surface area (Å²) in [5, 5.41) is 8.63. The van der Waals surface area contributed by atoms with Crippen molar-refractivity contribution in [2.45, 2.75) is 63.6 Å². The molecule has 32 heavy (non-hydrogen) atoms. The van der Waals surface area contributed by atoms with Crippen LogP contribution >= 0.6 is 0 Å². The van der Waals surface area contributed by atoms with Crippen molar-refractivity contribution in [1.29, 1.82) is 0 Å². The SMILES string of the molecule is c1cc2ccc3ccc(C[NH+]4CC[NH+]5CCC[C@@H]5[C@@H]4C4CCCCC4)c4ccc(c1)c2c34. The number of nitrogens with one attached hydrogen (secondary N) is 2. The Morgan fingerprint density at radius 3 is 2.25 bits per heavy atom. The zero-order valence-corrected chi connectivity index (χ0v) is 19.2. The van der Waals surface area contributed by atoms with E-state index in [0.29, 0.717) is 0 Å². The van der Waals surface area contributed by atoms with Crippen LogP contribution in [0.1, 0.15) is 50.5 Å². The first kappa shape index (κ1) is 19.3. The molecule has 2 aliphatic heterocycles. The van der Waals surface area contributed by atoms with E-state index in [1.54, 1.807) is 5.56 Å². The second-order valence-electron chi connectivity index (χ2n) is 11.0. The second kappa shape index (κ2) is 7.71. The highest BCUT2D eigenvalue weighted by Gasteiger charge is 2.49. The van der Waals surface area contributed by atoms with Crippen LogP contribution in [0.25, 0.3) is 32.3 Å². The lowest BCUT2D eigenvalue weighted by Crippen LogP contribution is -3.32. The molecule has 0 aromatic heterocycles. The number of quaternary nitrogens is 2. The molecule has 2 saturated heterocycles. The summed E-state index contributed by atoms with van der Waals surface area (Å²) in [6.45, 7) is 5.38. The predicted molar refractivity (Wildman–Crippen MR) is 134 cm³/mol. The molecule has 3 fully saturated rings. The number of hydrogen-bond acceptors (Lipinski definition) is 0. The van der Waals surface area contributed by atoms with E-state index in [2.05, 4.69) is 54.6 Å². The van der Waals surface area contributed by atoms with Gasteiger partial charge >= 0.3 is 0 Å². The molecule has 2 heteroatoms. The maximum absolute atomic E-state index is 2.46. The van der Waals surface area contributed by atoms with Crippen molar-refractivity contribution < 1.29 is 9.80 Å². The van der Waals surface area contributed by atoms with Gasteiger partial charge in [-0.05, 0) is 45.2 Å². The molecular weight excluding hydrogens is 388 g/mol. The number of piperazine rings is 1. The summed E-state index contributed by atoms with van der Waals surface area (Å²) in [5.41, 5.74) is 1.58. The van der Waals surface area contributed by atoms with Gasteiger partial charge in [0.2, 0.25) is 0 Å². The van der Waals surface area contributed by atoms with Gasteiger partial charge in [0, 0.05) is 24.3 Å². The third-order valence-corrected chi connectivity index (χ3v) is 9.40. The van der Waals surface area contributed by atoms with Crippen LogP contribution in [-0.2, 0) is 6.54 Å². The second-order valence-corrected chi connectivity index (χ2v) is 11.0. The van der Waals surface area contributed by atoms with Crippen LogP contribution in [0.15, 0.2) is 54.6 Å². The average molecular weight is 425 g/mol. The van der Waals surface area contributed by atoms with Gasteiger partial charge in [0.25, 0.3) is 0 Å². The van der Waals surface area contributed by atoms with Crippen molar-refractivity contribution in [2.75, 3.05) is 19.6 Å². The van der Waals surface area contributed by atoms with Crippen LogP contribution in [0.4, 0.5) is 0 Å². The Labute approximate surface area is 191 Å². The third kappa shape index (κ3) is 2.99. The maximum atomic E-state index is 2.46. The summed E-state index contributed by atoms with van der Waals surface area (Å²) in [7, 11) is 0. The highest BCUT2D eigenvalue weighted by atomic mass is 15.3. The lowest BCUT2D eigenvalue weighted by atomic mass is 9.78. The van der Waals surface area contributed by atoms with Crippen molar-refractivity contribution in [3.8, 4) is 0 Å². The van der Waals surface area contributed by atoms with Gasteiger partial charge in [0.1, 0.15) is 31.7 Å². The van der Waals surface area contributed by atoms with Crippen molar-refractivity contribution in [3.05, 3.63) is 60.2 Å². The zero-order valence-electron chi connectivity index (χ0n) is 19.2. The summed E-state index contributed by atoms with van der Waals surface area (Å²) in [6, 6.07) is 22.8. The molecule has 2 unspecified atom stereocenters. The highest BCUT2D eigenvalue weighted by Crippen LogP contribution is 2.36. The minimum Gasteiger partial charge on any atom is -0.323 e. The summed E-state index contributed by atoms with van der Waals surface area (Å²) in [4.78, 5) is 3.85. The summed E-state index contributed by atoms with van der Waals surface area (Å²) in [5.74, 6) is 0.955. The maximum Gasteiger partial charge on any atom is 0.143 e. The Bertz CT molecular complexity index is 1240. The molecule has 2 heterocycles. The van der Waals surface area contributed by atoms with Crippen molar-refractivity contribution in [3.63, 3.8) is 0 Å². The molecule has 0 amide bonds. The van der Waals surface area contributed by atoms with E-state index >= 15 is 0 Å². The topological polar surface area (TPSA) is 8.88 Å². The largest absolute Gasteiger partial charge is 0.323 e. The van der Waals surface area contributed by atoms with Crippen LogP contribution in [0.3, 0.4) is 0 Å². The number of rotatable bonds is 3. The fraction of sp³-hybridized carbons (Fsp3) is 0.467. The van der Waals surface area contributed by atoms with E-state index in [1.807, 2.05) is 9.80 Å². The van der Waals surface area contributed by atoms with Gasteiger partial charge in [-0.1, -0.05) is 73.9 Å². The first-order valence-electron chi connectivity index (χ1n) is 13.2. The van der Waals surface area contributed by atoms with Gasteiger partial charge in [0.05, 0.1) is 6.54 Å². The fourth-order valence-corrected chi connectivity index (χ4v) is 8.01. The van der Waals surface area contributed by atoms with Gasteiger partial charge in [-0.25, -0.2) is 0 Å². The highest BCUT2D eigenvalue weighted by molar-refractivity contribution is 6.23. The average Bonchev–Trinajstić information content (AvgIpc) is 3.33. The van der Waals surface area contributed by atoms with Crippen molar-refractivity contribution in [1.82, 2.24) is 0 Å². The Morgan fingerprint density at radius 2 is 1.41 bits per heavy atom. The molecule has 3 aliphatic rings. The molecule has 4 aromatic carbocycles. The van der Waals surface area contributed by atoms with E-state index in [1.165, 1.54) is 103 Å². The Balaban J connectivity index is 1.31. The first-order chi connectivity index (χ1) is 15.9. The lowest BCUT2D eigenvalue weighted by Gasteiger charge is -2.44. The smallest absolute Gasteiger partial charge is 0.143 e. The minimum absolute atomic E-state index is 0.875. The van der Waals surface area contributed by atoms with Crippen molar-refractivity contribution in [2.24, 2.45) is 5.92 Å².